The van der Waals surface area contributed by atoms with Crippen LogP contribution < -0.4 is 0 Å². The molecule has 0 amide bonds. The molecule has 0 spiro atoms. The predicted octanol–water partition coefficient (Wildman–Crippen LogP) is 1.60. The molecule has 0 fully saturated rings. The Morgan fingerprint density at radius 2 is 2.14 bits per heavy atom. The highest BCUT2D eigenvalue weighted by molar-refractivity contribution is 5.95. The first-order valence-electron chi connectivity index (χ1n) is 3.97. The van der Waals surface area contributed by atoms with Crippen molar-refractivity contribution in [1.82, 2.24) is 0 Å². The Balaban J connectivity index is 2.84. The van der Waals surface area contributed by atoms with Crippen molar-refractivity contribution in [3.8, 4) is 0 Å². The number of rotatable bonds is 4. The lowest BCUT2D eigenvalue weighted by molar-refractivity contribution is -0.763. The van der Waals surface area contributed by atoms with E-state index >= 15 is 0 Å². The van der Waals surface area contributed by atoms with E-state index in [-0.39, 0.29) is 12.4 Å². The zero-order chi connectivity index (χ0) is 10.6. The average molecular weight is 195 g/mol. The number of benzene rings is 1. The van der Waals surface area contributed by atoms with Crippen molar-refractivity contribution in [2.24, 2.45) is 0 Å². The second-order valence-corrected chi connectivity index (χ2v) is 2.71. The lowest BCUT2D eigenvalue weighted by Gasteiger charge is -2.04. The van der Waals surface area contributed by atoms with Crippen molar-refractivity contribution >= 4 is 5.78 Å². The molecule has 0 N–H and O–H groups in total. The van der Waals surface area contributed by atoms with Crippen molar-refractivity contribution in [2.75, 3.05) is 0 Å². The summed E-state index contributed by atoms with van der Waals surface area (Å²) in [6.07, 6.45) is 0. The van der Waals surface area contributed by atoms with Gasteiger partial charge in [0.2, 0.25) is 0 Å². The van der Waals surface area contributed by atoms with Crippen LogP contribution in [0, 0.1) is 10.1 Å². The molecule has 5 heteroatoms. The van der Waals surface area contributed by atoms with Gasteiger partial charge in [-0.05, 0) is 12.5 Å². The molecular weight excluding hydrogens is 186 g/mol. The number of carbonyl (C=O) groups is 1. The molecule has 1 aromatic carbocycles. The summed E-state index contributed by atoms with van der Waals surface area (Å²) in [5, 5.41) is 9.07. The summed E-state index contributed by atoms with van der Waals surface area (Å²) in [4.78, 5) is 25.2. The number of carbonyl (C=O) groups excluding carboxylic acids is 1. The Bertz CT molecular complexity index is 362. The van der Waals surface area contributed by atoms with Crippen LogP contribution >= 0.6 is 0 Å². The zero-order valence-electron chi connectivity index (χ0n) is 7.60. The highest BCUT2D eigenvalue weighted by Crippen LogP contribution is 2.10. The van der Waals surface area contributed by atoms with Gasteiger partial charge in [-0.25, -0.2) is 0 Å². The fourth-order valence-corrected chi connectivity index (χ4v) is 1.11. The Labute approximate surface area is 80.4 Å². The molecule has 0 saturated heterocycles. The van der Waals surface area contributed by atoms with Gasteiger partial charge < -0.3 is 4.84 Å². The molecular formula is C9H9NO4. The quantitative estimate of drug-likeness (QED) is 0.415. The first-order valence-corrected chi connectivity index (χ1v) is 3.97. The van der Waals surface area contributed by atoms with E-state index in [0.717, 1.165) is 0 Å². The van der Waals surface area contributed by atoms with Gasteiger partial charge in [-0.3, -0.25) is 4.79 Å². The van der Waals surface area contributed by atoms with Crippen molar-refractivity contribution in [2.45, 2.75) is 13.5 Å². The highest BCUT2D eigenvalue weighted by Gasteiger charge is 2.07. The van der Waals surface area contributed by atoms with E-state index in [4.69, 9.17) is 0 Å². The molecule has 0 bridgehead atoms. The van der Waals surface area contributed by atoms with Gasteiger partial charge in [-0.1, -0.05) is 24.3 Å². The lowest BCUT2D eigenvalue weighted by Crippen LogP contribution is -2.05. The fourth-order valence-electron chi connectivity index (χ4n) is 1.11. The number of hydrogen-bond donors (Lipinski definition) is 0. The minimum absolute atomic E-state index is 0.132. The largest absolute Gasteiger partial charge is 0.309 e. The molecule has 0 aliphatic carbocycles. The summed E-state index contributed by atoms with van der Waals surface area (Å²) in [5.41, 5.74) is 0.978. The van der Waals surface area contributed by atoms with Crippen LogP contribution in [0.25, 0.3) is 0 Å². The Morgan fingerprint density at radius 1 is 1.50 bits per heavy atom. The first kappa shape index (κ1) is 10.2. The molecule has 5 nitrogen and oxygen atoms in total. The minimum Gasteiger partial charge on any atom is -0.309 e. The van der Waals surface area contributed by atoms with Crippen LogP contribution in [0.4, 0.5) is 0 Å². The fraction of sp³-hybridized carbons (Fsp3) is 0.222. The van der Waals surface area contributed by atoms with Gasteiger partial charge in [0.25, 0.3) is 5.09 Å². The maximum absolute atomic E-state index is 11.1. The summed E-state index contributed by atoms with van der Waals surface area (Å²) in [5.74, 6) is -0.132. The molecule has 0 radical (unpaired) electrons. The SMILES string of the molecule is CC(=O)c1ccccc1CO[N+](=O)[O-]. The van der Waals surface area contributed by atoms with Crippen molar-refractivity contribution < 1.29 is 14.7 Å². The standard InChI is InChI=1S/C9H9NO4/c1-7(11)9-5-3-2-4-8(9)6-14-10(12)13/h2-5H,6H2,1H3. The lowest BCUT2D eigenvalue weighted by atomic mass is 10.1. The Kier molecular flexibility index (Phi) is 3.17. The molecule has 74 valence electrons. The van der Waals surface area contributed by atoms with E-state index in [1.165, 1.54) is 6.92 Å². The Morgan fingerprint density at radius 3 is 2.71 bits per heavy atom. The van der Waals surface area contributed by atoms with Crippen LogP contribution in [0.5, 0.6) is 0 Å². The minimum atomic E-state index is -0.878. The van der Waals surface area contributed by atoms with Crippen molar-refractivity contribution in [3.63, 3.8) is 0 Å². The van der Waals surface area contributed by atoms with E-state index in [1.54, 1.807) is 24.3 Å². The number of Topliss-reactive ketones (excluding diaryl/α,β-unsaturated/α-hetero) is 1. The van der Waals surface area contributed by atoms with Gasteiger partial charge in [0.05, 0.1) is 0 Å². The second-order valence-electron chi connectivity index (χ2n) is 2.71. The molecule has 0 atom stereocenters. The smallest absolute Gasteiger partial charge is 0.294 e. The van der Waals surface area contributed by atoms with Crippen LogP contribution in [0.1, 0.15) is 22.8 Å². The molecule has 1 aromatic rings. The molecule has 0 aliphatic heterocycles. The molecule has 1 rings (SSSR count). The van der Waals surface area contributed by atoms with Gasteiger partial charge in [0, 0.05) is 5.56 Å². The molecule has 0 unspecified atom stereocenters. The third-order valence-electron chi connectivity index (χ3n) is 1.72. The normalized spacial score (nSPS) is 9.50. The predicted molar refractivity (Wildman–Crippen MR) is 48.2 cm³/mol. The Hall–Kier alpha value is -1.91. The first-order chi connectivity index (χ1) is 6.61. The molecule has 0 saturated carbocycles. The molecule has 14 heavy (non-hydrogen) atoms. The van der Waals surface area contributed by atoms with E-state index < -0.39 is 5.09 Å². The maximum Gasteiger partial charge on any atom is 0.294 e. The molecule has 0 heterocycles. The third-order valence-corrected chi connectivity index (χ3v) is 1.72. The van der Waals surface area contributed by atoms with Gasteiger partial charge >= 0.3 is 0 Å². The third kappa shape index (κ3) is 2.55. The summed E-state index contributed by atoms with van der Waals surface area (Å²) in [6.45, 7) is 1.22. The van der Waals surface area contributed by atoms with E-state index in [2.05, 4.69) is 4.84 Å². The number of hydrogen-bond acceptors (Lipinski definition) is 4. The van der Waals surface area contributed by atoms with Gasteiger partial charge in [-0.15, -0.1) is 10.1 Å². The van der Waals surface area contributed by atoms with Crippen LogP contribution in [0.2, 0.25) is 0 Å². The average Bonchev–Trinajstić information content (AvgIpc) is 2.15. The highest BCUT2D eigenvalue weighted by atomic mass is 16.9. The monoisotopic (exact) mass is 195 g/mol. The number of nitrogens with zero attached hydrogens (tertiary/aromatic N) is 1. The van der Waals surface area contributed by atoms with Crippen LogP contribution in [-0.2, 0) is 11.4 Å². The van der Waals surface area contributed by atoms with Crippen molar-refractivity contribution in [1.29, 1.82) is 0 Å². The van der Waals surface area contributed by atoms with Crippen LogP contribution in [0.3, 0.4) is 0 Å². The maximum atomic E-state index is 11.1. The van der Waals surface area contributed by atoms with Crippen LogP contribution in [-0.4, -0.2) is 10.9 Å². The zero-order valence-corrected chi connectivity index (χ0v) is 7.60. The van der Waals surface area contributed by atoms with Crippen LogP contribution in [0.15, 0.2) is 24.3 Å². The van der Waals surface area contributed by atoms with Gasteiger partial charge in [0.15, 0.2) is 5.78 Å². The van der Waals surface area contributed by atoms with Crippen molar-refractivity contribution in [3.05, 3.63) is 45.5 Å². The van der Waals surface area contributed by atoms with E-state index in [0.29, 0.717) is 11.1 Å². The van der Waals surface area contributed by atoms with E-state index in [1.807, 2.05) is 0 Å². The topological polar surface area (TPSA) is 69.4 Å². The summed E-state index contributed by atoms with van der Waals surface area (Å²) >= 11 is 0. The summed E-state index contributed by atoms with van der Waals surface area (Å²) in [7, 11) is 0. The molecule has 0 aromatic heterocycles. The second kappa shape index (κ2) is 4.36. The van der Waals surface area contributed by atoms with Gasteiger partial charge in [0.1, 0.15) is 6.61 Å². The summed E-state index contributed by atoms with van der Waals surface area (Å²) < 4.78 is 0. The van der Waals surface area contributed by atoms with E-state index in [9.17, 15) is 14.9 Å². The molecule has 0 aliphatic rings. The van der Waals surface area contributed by atoms with Gasteiger partial charge in [-0.2, -0.15) is 0 Å². The number of ketones is 1. The summed E-state index contributed by atoms with van der Waals surface area (Å²) in [6, 6.07) is 6.64.